The van der Waals surface area contributed by atoms with E-state index in [1.165, 1.54) is 25.3 Å². The third kappa shape index (κ3) is 3.81. The highest BCUT2D eigenvalue weighted by molar-refractivity contribution is 5.85. The zero-order chi connectivity index (χ0) is 13.0. The highest BCUT2D eigenvalue weighted by atomic mass is 16.4. The molecule has 1 unspecified atom stereocenters. The maximum atomic E-state index is 10.8. The lowest BCUT2D eigenvalue weighted by molar-refractivity contribution is 0.0690. The summed E-state index contributed by atoms with van der Waals surface area (Å²) in [4.78, 5) is 14.9. The maximum Gasteiger partial charge on any atom is 0.354 e. The van der Waals surface area contributed by atoms with Gasteiger partial charge in [-0.05, 0) is 30.9 Å². The van der Waals surface area contributed by atoms with Crippen LogP contribution in [-0.2, 0) is 6.54 Å². The van der Waals surface area contributed by atoms with E-state index in [0.717, 1.165) is 18.0 Å². The van der Waals surface area contributed by atoms with E-state index in [0.29, 0.717) is 12.6 Å². The van der Waals surface area contributed by atoms with Crippen molar-refractivity contribution in [2.75, 3.05) is 0 Å². The minimum absolute atomic E-state index is 0.115. The average Bonchev–Trinajstić information content (AvgIpc) is 3.18. The van der Waals surface area contributed by atoms with Crippen molar-refractivity contribution in [1.29, 1.82) is 0 Å². The van der Waals surface area contributed by atoms with Crippen molar-refractivity contribution in [2.24, 2.45) is 5.92 Å². The fraction of sp³-hybridized carbons (Fsp3) is 0.571. The number of aromatic nitrogens is 1. The summed E-state index contributed by atoms with van der Waals surface area (Å²) in [6, 6.07) is 5.65. The van der Waals surface area contributed by atoms with Crippen molar-refractivity contribution >= 4 is 5.97 Å². The molecular formula is C14H20N2O2. The van der Waals surface area contributed by atoms with E-state index in [1.54, 1.807) is 6.07 Å². The van der Waals surface area contributed by atoms with Gasteiger partial charge in [0.25, 0.3) is 0 Å². The number of hydrogen-bond acceptors (Lipinski definition) is 3. The van der Waals surface area contributed by atoms with E-state index in [-0.39, 0.29) is 5.69 Å². The molecule has 2 N–H and O–H groups in total. The van der Waals surface area contributed by atoms with Crippen LogP contribution in [0.4, 0.5) is 0 Å². The van der Waals surface area contributed by atoms with Gasteiger partial charge >= 0.3 is 5.97 Å². The van der Waals surface area contributed by atoms with Crippen molar-refractivity contribution in [3.05, 3.63) is 29.6 Å². The number of rotatable bonds is 7. The summed E-state index contributed by atoms with van der Waals surface area (Å²) in [5.41, 5.74) is 0.911. The molecule has 2 rings (SSSR count). The smallest absolute Gasteiger partial charge is 0.354 e. The van der Waals surface area contributed by atoms with E-state index >= 15 is 0 Å². The molecular weight excluding hydrogens is 228 g/mol. The monoisotopic (exact) mass is 248 g/mol. The van der Waals surface area contributed by atoms with Gasteiger partial charge in [-0.1, -0.05) is 25.8 Å². The zero-order valence-corrected chi connectivity index (χ0v) is 10.7. The van der Waals surface area contributed by atoms with E-state index < -0.39 is 5.97 Å². The van der Waals surface area contributed by atoms with Crippen molar-refractivity contribution in [3.8, 4) is 0 Å². The molecule has 0 aromatic carbocycles. The Hall–Kier alpha value is -1.42. The lowest BCUT2D eigenvalue weighted by Crippen LogP contribution is -2.28. The Morgan fingerprint density at radius 1 is 1.56 bits per heavy atom. The molecule has 1 saturated carbocycles. The molecule has 18 heavy (non-hydrogen) atoms. The number of carboxylic acid groups (broad SMARTS) is 1. The lowest BCUT2D eigenvalue weighted by Gasteiger charge is -2.16. The van der Waals surface area contributed by atoms with Crippen LogP contribution in [-0.4, -0.2) is 22.1 Å². The average molecular weight is 248 g/mol. The molecule has 1 heterocycles. The summed E-state index contributed by atoms with van der Waals surface area (Å²) < 4.78 is 0. The second-order valence-corrected chi connectivity index (χ2v) is 4.98. The molecule has 1 aliphatic rings. The molecule has 1 fully saturated rings. The minimum Gasteiger partial charge on any atom is -0.477 e. The third-order valence-corrected chi connectivity index (χ3v) is 3.41. The first kappa shape index (κ1) is 13.0. The first-order chi connectivity index (χ1) is 8.69. The maximum absolute atomic E-state index is 10.8. The van der Waals surface area contributed by atoms with Crippen LogP contribution in [0.2, 0.25) is 0 Å². The van der Waals surface area contributed by atoms with Gasteiger partial charge in [-0.25, -0.2) is 9.78 Å². The summed E-state index contributed by atoms with van der Waals surface area (Å²) in [7, 11) is 0. The Morgan fingerprint density at radius 2 is 2.33 bits per heavy atom. The fourth-order valence-corrected chi connectivity index (χ4v) is 2.10. The number of carbonyl (C=O) groups is 1. The van der Waals surface area contributed by atoms with Crippen LogP contribution < -0.4 is 5.32 Å². The number of pyridine rings is 1. The van der Waals surface area contributed by atoms with Gasteiger partial charge in [0.15, 0.2) is 0 Å². The van der Waals surface area contributed by atoms with Crippen LogP contribution in [0.25, 0.3) is 0 Å². The van der Waals surface area contributed by atoms with E-state index in [2.05, 4.69) is 17.2 Å². The lowest BCUT2D eigenvalue weighted by atomic mass is 10.1. The molecule has 4 heteroatoms. The Labute approximate surface area is 107 Å². The molecule has 0 radical (unpaired) electrons. The minimum atomic E-state index is -0.970. The van der Waals surface area contributed by atoms with Gasteiger partial charge in [-0.15, -0.1) is 0 Å². The van der Waals surface area contributed by atoms with Crippen LogP contribution in [0.3, 0.4) is 0 Å². The number of nitrogens with zero attached hydrogens (tertiary/aromatic N) is 1. The van der Waals surface area contributed by atoms with Crippen molar-refractivity contribution in [1.82, 2.24) is 10.3 Å². The van der Waals surface area contributed by atoms with Gasteiger partial charge in [-0.2, -0.15) is 0 Å². The molecule has 1 atom stereocenters. The van der Waals surface area contributed by atoms with Crippen LogP contribution in [0.5, 0.6) is 0 Å². The predicted octanol–water partition coefficient (Wildman–Crippen LogP) is 2.45. The molecule has 1 aliphatic carbocycles. The molecule has 98 valence electrons. The van der Waals surface area contributed by atoms with Gasteiger partial charge in [0, 0.05) is 12.6 Å². The van der Waals surface area contributed by atoms with Crippen molar-refractivity contribution < 1.29 is 9.90 Å². The van der Waals surface area contributed by atoms with Crippen LogP contribution in [0.1, 0.15) is 48.8 Å². The van der Waals surface area contributed by atoms with Crippen LogP contribution in [0, 0.1) is 5.92 Å². The first-order valence-corrected chi connectivity index (χ1v) is 6.61. The largest absolute Gasteiger partial charge is 0.477 e. The molecule has 4 nitrogen and oxygen atoms in total. The summed E-state index contributed by atoms with van der Waals surface area (Å²) >= 11 is 0. The molecule has 0 saturated heterocycles. The Bertz CT molecular complexity index is 416. The van der Waals surface area contributed by atoms with E-state index in [4.69, 9.17) is 5.11 Å². The van der Waals surface area contributed by atoms with Gasteiger partial charge in [0.1, 0.15) is 5.69 Å². The van der Waals surface area contributed by atoms with E-state index in [1.807, 2.05) is 6.07 Å². The first-order valence-electron chi connectivity index (χ1n) is 6.61. The normalized spacial score (nSPS) is 16.5. The number of carboxylic acids is 1. The molecule has 1 aromatic rings. The Morgan fingerprint density at radius 3 is 2.94 bits per heavy atom. The quantitative estimate of drug-likeness (QED) is 0.778. The van der Waals surface area contributed by atoms with Gasteiger partial charge in [0.05, 0.1) is 5.69 Å². The topological polar surface area (TPSA) is 62.2 Å². The third-order valence-electron chi connectivity index (χ3n) is 3.41. The van der Waals surface area contributed by atoms with Gasteiger partial charge in [-0.3, -0.25) is 0 Å². The second-order valence-electron chi connectivity index (χ2n) is 4.98. The van der Waals surface area contributed by atoms with Crippen LogP contribution in [0.15, 0.2) is 18.2 Å². The highest BCUT2D eigenvalue weighted by Crippen LogP contribution is 2.34. The standard InChI is InChI=1S/C14H20N2O2/c1-2-11(8-10-6-7-10)15-9-12-4-3-5-13(16-12)14(17)18/h3-5,10-11,15H,2,6-9H2,1H3,(H,17,18). The summed E-state index contributed by atoms with van der Waals surface area (Å²) in [5.74, 6) is -0.0670. The zero-order valence-electron chi connectivity index (χ0n) is 10.7. The molecule has 0 aliphatic heterocycles. The number of nitrogens with one attached hydrogen (secondary N) is 1. The van der Waals surface area contributed by atoms with E-state index in [9.17, 15) is 4.79 Å². The predicted molar refractivity (Wildman–Crippen MR) is 69.5 cm³/mol. The summed E-state index contributed by atoms with van der Waals surface area (Å²) in [6.07, 6.45) is 5.07. The van der Waals surface area contributed by atoms with Crippen LogP contribution >= 0.6 is 0 Å². The second kappa shape index (κ2) is 5.96. The number of hydrogen-bond donors (Lipinski definition) is 2. The SMILES string of the molecule is CCC(CC1CC1)NCc1cccc(C(=O)O)n1. The highest BCUT2D eigenvalue weighted by Gasteiger charge is 2.24. The molecule has 0 bridgehead atoms. The van der Waals surface area contributed by atoms with Crippen molar-refractivity contribution in [2.45, 2.75) is 45.2 Å². The molecule has 1 aromatic heterocycles. The molecule has 0 amide bonds. The van der Waals surface area contributed by atoms with Gasteiger partial charge < -0.3 is 10.4 Å². The van der Waals surface area contributed by atoms with Gasteiger partial charge in [0.2, 0.25) is 0 Å². The Kier molecular flexibility index (Phi) is 4.31. The Balaban J connectivity index is 1.87. The van der Waals surface area contributed by atoms with Crippen molar-refractivity contribution in [3.63, 3.8) is 0 Å². The summed E-state index contributed by atoms with van der Waals surface area (Å²) in [6.45, 7) is 2.83. The fourth-order valence-electron chi connectivity index (χ4n) is 2.10. The molecule has 0 spiro atoms. The number of aromatic carboxylic acids is 1. The summed E-state index contributed by atoms with van der Waals surface area (Å²) in [5, 5.41) is 12.3.